The largest absolute Gasteiger partial charge is 0.312 e. The Morgan fingerprint density at radius 1 is 1.80 bits per heavy atom. The monoisotopic (exact) mass is 225 g/mol. The molecule has 0 aliphatic carbocycles. The predicted octanol–water partition coefficient (Wildman–Crippen LogP) is 0.552. The third-order valence-corrected chi connectivity index (χ3v) is 4.78. The average Bonchev–Trinajstić information content (AvgIpc) is 2.77. The first-order valence-electron chi connectivity index (χ1n) is 5.21. The first kappa shape index (κ1) is 10.8. The first-order chi connectivity index (χ1) is 7.18. The van der Waals surface area contributed by atoms with E-state index in [4.69, 9.17) is 5.26 Å². The number of carbonyl (C=O) groups excluding carboxylic acids is 1. The molecule has 2 aliphatic heterocycles. The molecule has 5 heteroatoms. The van der Waals surface area contributed by atoms with Gasteiger partial charge in [-0.15, -0.1) is 11.8 Å². The minimum Gasteiger partial charge on any atom is -0.312 e. The van der Waals surface area contributed by atoms with Crippen LogP contribution in [0.15, 0.2) is 0 Å². The highest BCUT2D eigenvalue weighted by Crippen LogP contribution is 2.42. The molecule has 0 aromatic rings. The van der Waals surface area contributed by atoms with Crippen LogP contribution < -0.4 is 5.32 Å². The Hall–Kier alpha value is -0.730. The van der Waals surface area contributed by atoms with Crippen LogP contribution in [-0.2, 0) is 4.79 Å². The summed E-state index contributed by atoms with van der Waals surface area (Å²) in [5, 5.41) is 12.3. The van der Waals surface area contributed by atoms with Gasteiger partial charge in [0.25, 0.3) is 0 Å². The van der Waals surface area contributed by atoms with Gasteiger partial charge < -0.3 is 10.2 Å². The number of likely N-dealkylation sites (N-methyl/N-ethyl adjacent to an activating group) is 1. The molecule has 0 radical (unpaired) electrons. The summed E-state index contributed by atoms with van der Waals surface area (Å²) in [6.45, 7) is 2.02. The zero-order chi connectivity index (χ0) is 11.1. The number of carbonyl (C=O) groups is 1. The van der Waals surface area contributed by atoms with Crippen LogP contribution >= 0.6 is 11.8 Å². The van der Waals surface area contributed by atoms with E-state index in [0.29, 0.717) is 0 Å². The summed E-state index contributed by atoms with van der Waals surface area (Å²) >= 11 is 1.73. The molecule has 3 atom stereocenters. The number of amides is 1. The van der Waals surface area contributed by atoms with Crippen molar-refractivity contribution in [3.63, 3.8) is 0 Å². The Balaban J connectivity index is 2.27. The molecule has 2 rings (SSSR count). The van der Waals surface area contributed by atoms with Gasteiger partial charge in [0.2, 0.25) is 5.91 Å². The number of fused-ring (bicyclic) bond motifs is 1. The Bertz CT molecular complexity index is 321. The molecule has 3 unspecified atom stereocenters. The second-order valence-electron chi connectivity index (χ2n) is 4.04. The number of hydrogen-bond donors (Lipinski definition) is 1. The molecule has 0 bridgehead atoms. The average molecular weight is 225 g/mol. The van der Waals surface area contributed by atoms with E-state index >= 15 is 0 Å². The van der Waals surface area contributed by atoms with E-state index in [0.717, 1.165) is 18.6 Å². The molecule has 0 saturated carbocycles. The second-order valence-corrected chi connectivity index (χ2v) is 5.25. The lowest BCUT2D eigenvalue weighted by atomic mass is 9.94. The normalized spacial score (nSPS) is 39.3. The minimum atomic E-state index is -0.423. The van der Waals surface area contributed by atoms with Crippen LogP contribution in [-0.4, -0.2) is 40.6 Å². The van der Waals surface area contributed by atoms with Crippen LogP contribution in [0, 0.1) is 11.3 Å². The van der Waals surface area contributed by atoms with Gasteiger partial charge in [-0.1, -0.05) is 6.92 Å². The topological polar surface area (TPSA) is 56.1 Å². The van der Waals surface area contributed by atoms with Crippen molar-refractivity contribution in [3.8, 4) is 6.07 Å². The molecule has 1 N–H and O–H groups in total. The summed E-state index contributed by atoms with van der Waals surface area (Å²) in [5.41, 5.74) is -0.423. The Labute approximate surface area is 94.0 Å². The maximum atomic E-state index is 12.2. The fourth-order valence-corrected chi connectivity index (χ4v) is 3.85. The number of thioether (sulfide) groups is 1. The summed E-state index contributed by atoms with van der Waals surface area (Å²) in [6, 6.07) is 1.98. The van der Waals surface area contributed by atoms with Gasteiger partial charge in [-0.3, -0.25) is 4.79 Å². The van der Waals surface area contributed by atoms with Crippen molar-refractivity contribution in [1.29, 1.82) is 5.26 Å². The number of nitriles is 1. The van der Waals surface area contributed by atoms with Crippen molar-refractivity contribution < 1.29 is 4.79 Å². The first-order valence-corrected chi connectivity index (χ1v) is 6.26. The molecular formula is C10H15N3OS. The third-order valence-electron chi connectivity index (χ3n) is 3.49. The van der Waals surface area contributed by atoms with Crippen molar-refractivity contribution in [3.05, 3.63) is 0 Å². The fraction of sp³-hybridized carbons (Fsp3) is 0.800. The highest BCUT2D eigenvalue weighted by Gasteiger charge is 2.54. The van der Waals surface area contributed by atoms with Crippen molar-refractivity contribution in [2.24, 2.45) is 0 Å². The lowest BCUT2D eigenvalue weighted by Crippen LogP contribution is -2.51. The molecule has 4 nitrogen and oxygen atoms in total. The molecule has 2 heterocycles. The van der Waals surface area contributed by atoms with Gasteiger partial charge in [0.1, 0.15) is 11.6 Å². The number of hydrogen-bond acceptors (Lipinski definition) is 4. The van der Waals surface area contributed by atoms with E-state index in [2.05, 4.69) is 11.4 Å². The molecule has 1 amide bonds. The molecule has 2 saturated heterocycles. The van der Waals surface area contributed by atoms with Gasteiger partial charge >= 0.3 is 0 Å². The molecular weight excluding hydrogens is 210 g/mol. The van der Waals surface area contributed by atoms with E-state index in [1.54, 1.807) is 16.7 Å². The smallest absolute Gasteiger partial charge is 0.244 e. The summed E-state index contributed by atoms with van der Waals surface area (Å²) in [6.07, 6.45) is 1.61. The summed E-state index contributed by atoms with van der Waals surface area (Å²) < 4.78 is 0. The quantitative estimate of drug-likeness (QED) is 0.745. The highest BCUT2D eigenvalue weighted by atomic mass is 32.2. The molecule has 2 fully saturated rings. The van der Waals surface area contributed by atoms with Crippen LogP contribution in [0.5, 0.6) is 0 Å². The predicted molar refractivity (Wildman–Crippen MR) is 59.2 cm³/mol. The van der Waals surface area contributed by atoms with E-state index in [1.165, 1.54) is 0 Å². The number of nitrogens with one attached hydrogen (secondary N) is 1. The third kappa shape index (κ3) is 1.35. The summed E-state index contributed by atoms with van der Waals surface area (Å²) in [7, 11) is 1.83. The lowest BCUT2D eigenvalue weighted by Gasteiger charge is -2.26. The molecule has 2 aliphatic rings. The van der Waals surface area contributed by atoms with Gasteiger partial charge in [-0.2, -0.15) is 5.26 Å². The zero-order valence-electron chi connectivity index (χ0n) is 8.99. The van der Waals surface area contributed by atoms with Gasteiger partial charge in [0, 0.05) is 12.2 Å². The van der Waals surface area contributed by atoms with Crippen molar-refractivity contribution in [2.45, 2.75) is 36.7 Å². The second kappa shape index (κ2) is 3.69. The maximum absolute atomic E-state index is 12.2. The fourth-order valence-electron chi connectivity index (χ4n) is 2.41. The maximum Gasteiger partial charge on any atom is 0.244 e. The highest BCUT2D eigenvalue weighted by molar-refractivity contribution is 8.00. The lowest BCUT2D eigenvalue weighted by molar-refractivity contribution is -0.134. The van der Waals surface area contributed by atoms with Crippen molar-refractivity contribution in [1.82, 2.24) is 10.2 Å². The molecule has 0 aromatic heterocycles. The van der Waals surface area contributed by atoms with Gasteiger partial charge in [0.05, 0.1) is 11.4 Å². The van der Waals surface area contributed by atoms with E-state index in [-0.39, 0.29) is 17.3 Å². The molecule has 0 spiro atoms. The van der Waals surface area contributed by atoms with Crippen molar-refractivity contribution in [2.75, 3.05) is 12.8 Å². The van der Waals surface area contributed by atoms with Gasteiger partial charge in [-0.05, 0) is 13.5 Å². The Morgan fingerprint density at radius 2 is 2.53 bits per heavy atom. The van der Waals surface area contributed by atoms with Crippen LogP contribution in [0.25, 0.3) is 0 Å². The number of nitrogens with zero attached hydrogens (tertiary/aromatic N) is 2. The standard InChI is InChI=1S/C10H15N3OS/c1-3-10(12-2)4-8-13(9(10)14)7(5-11)6-15-8/h7-8,12H,3-4,6H2,1-2H3. The van der Waals surface area contributed by atoms with Gasteiger partial charge in [-0.25, -0.2) is 0 Å². The van der Waals surface area contributed by atoms with Crippen LogP contribution in [0.1, 0.15) is 19.8 Å². The van der Waals surface area contributed by atoms with Gasteiger partial charge in [0.15, 0.2) is 0 Å². The van der Waals surface area contributed by atoms with Crippen LogP contribution in [0.2, 0.25) is 0 Å². The van der Waals surface area contributed by atoms with E-state index < -0.39 is 5.54 Å². The van der Waals surface area contributed by atoms with Crippen molar-refractivity contribution >= 4 is 17.7 Å². The van der Waals surface area contributed by atoms with Crippen LogP contribution in [0.3, 0.4) is 0 Å². The number of rotatable bonds is 2. The Morgan fingerprint density at radius 3 is 3.07 bits per heavy atom. The summed E-state index contributed by atoms with van der Waals surface area (Å²) in [4.78, 5) is 14.0. The summed E-state index contributed by atoms with van der Waals surface area (Å²) in [5.74, 6) is 0.866. The molecule has 82 valence electrons. The van der Waals surface area contributed by atoms with E-state index in [9.17, 15) is 4.79 Å². The minimum absolute atomic E-state index is 0.106. The zero-order valence-corrected chi connectivity index (χ0v) is 9.80. The van der Waals surface area contributed by atoms with E-state index in [1.807, 2.05) is 14.0 Å². The SMILES string of the molecule is CCC1(NC)CC2SCC(C#N)N2C1=O. The van der Waals surface area contributed by atoms with Crippen LogP contribution in [0.4, 0.5) is 0 Å². The molecule has 15 heavy (non-hydrogen) atoms. The molecule has 0 aromatic carbocycles. The Kier molecular flexibility index (Phi) is 2.65.